The summed E-state index contributed by atoms with van der Waals surface area (Å²) in [5, 5.41) is 3.59. The van der Waals surface area contributed by atoms with E-state index in [1.54, 1.807) is 0 Å². The summed E-state index contributed by atoms with van der Waals surface area (Å²) in [7, 11) is 0. The molecular weight excluding hydrogens is 248 g/mol. The highest BCUT2D eigenvalue weighted by Crippen LogP contribution is 2.38. The van der Waals surface area contributed by atoms with Crippen molar-refractivity contribution in [3.8, 4) is 0 Å². The molecule has 0 bridgehead atoms. The Morgan fingerprint density at radius 1 is 1.20 bits per heavy atom. The molecule has 0 aromatic rings. The average Bonchev–Trinajstić information content (AvgIpc) is 2.95. The molecule has 1 N–H and O–H groups in total. The molecule has 0 aromatic carbocycles. The second-order valence-electron chi connectivity index (χ2n) is 7.31. The van der Waals surface area contributed by atoms with E-state index in [4.69, 9.17) is 4.74 Å². The molecule has 0 aromatic heterocycles. The Balaban J connectivity index is 1.64. The van der Waals surface area contributed by atoms with E-state index in [0.29, 0.717) is 5.41 Å². The van der Waals surface area contributed by atoms with Crippen LogP contribution in [0.15, 0.2) is 0 Å². The minimum atomic E-state index is 0.384. The van der Waals surface area contributed by atoms with Gasteiger partial charge in [-0.3, -0.25) is 4.90 Å². The quantitative estimate of drug-likeness (QED) is 0.838. The molecule has 0 radical (unpaired) electrons. The van der Waals surface area contributed by atoms with Gasteiger partial charge in [-0.05, 0) is 51.1 Å². The predicted molar refractivity (Wildman–Crippen MR) is 83.0 cm³/mol. The lowest BCUT2D eigenvalue weighted by molar-refractivity contribution is 0.0189. The molecule has 0 amide bonds. The Morgan fingerprint density at radius 3 is 2.85 bits per heavy atom. The van der Waals surface area contributed by atoms with Gasteiger partial charge in [-0.15, -0.1) is 0 Å². The van der Waals surface area contributed by atoms with Crippen LogP contribution in [0.3, 0.4) is 0 Å². The number of hydrogen-bond acceptors (Lipinski definition) is 3. The van der Waals surface area contributed by atoms with Crippen molar-refractivity contribution < 1.29 is 4.74 Å². The smallest absolute Gasteiger partial charge is 0.0547 e. The minimum Gasteiger partial charge on any atom is -0.381 e. The van der Waals surface area contributed by atoms with Crippen LogP contribution in [-0.2, 0) is 4.74 Å². The fraction of sp³-hybridized carbons (Fsp3) is 1.00. The number of hydrogen-bond donors (Lipinski definition) is 1. The average molecular weight is 280 g/mol. The minimum absolute atomic E-state index is 0.384. The Kier molecular flexibility index (Phi) is 5.00. The molecule has 116 valence electrons. The Morgan fingerprint density at radius 2 is 2.05 bits per heavy atom. The molecule has 3 atom stereocenters. The highest BCUT2D eigenvalue weighted by Gasteiger charge is 2.41. The van der Waals surface area contributed by atoms with Crippen molar-refractivity contribution in [1.29, 1.82) is 0 Å². The molecule has 3 aliphatic rings. The summed E-state index contributed by atoms with van der Waals surface area (Å²) < 4.78 is 5.77. The lowest BCUT2D eigenvalue weighted by Gasteiger charge is -2.47. The van der Waals surface area contributed by atoms with Gasteiger partial charge in [0.25, 0.3) is 0 Å². The first-order chi connectivity index (χ1) is 9.83. The molecule has 2 aliphatic heterocycles. The summed E-state index contributed by atoms with van der Waals surface area (Å²) in [5.74, 6) is 0.996. The molecule has 1 saturated carbocycles. The van der Waals surface area contributed by atoms with Crippen LogP contribution in [0.1, 0.15) is 51.9 Å². The van der Waals surface area contributed by atoms with Crippen LogP contribution in [0.4, 0.5) is 0 Å². The molecule has 0 spiro atoms. The highest BCUT2D eigenvalue weighted by molar-refractivity contribution is 4.94. The lowest BCUT2D eigenvalue weighted by Crippen LogP contribution is -2.53. The number of nitrogens with one attached hydrogen (secondary N) is 1. The third kappa shape index (κ3) is 3.20. The second-order valence-corrected chi connectivity index (χ2v) is 7.31. The summed E-state index contributed by atoms with van der Waals surface area (Å²) in [4.78, 5) is 2.85. The molecule has 3 fully saturated rings. The van der Waals surface area contributed by atoms with Crippen LogP contribution in [0.2, 0.25) is 0 Å². The van der Waals surface area contributed by atoms with E-state index in [1.165, 1.54) is 58.0 Å². The summed E-state index contributed by atoms with van der Waals surface area (Å²) >= 11 is 0. The summed E-state index contributed by atoms with van der Waals surface area (Å²) in [6.07, 6.45) is 10.0. The number of rotatable bonds is 5. The normalized spacial score (nSPS) is 38.9. The molecule has 3 nitrogen and oxygen atoms in total. The predicted octanol–water partition coefficient (Wildman–Crippen LogP) is 2.66. The lowest BCUT2D eigenvalue weighted by atomic mass is 9.76. The van der Waals surface area contributed by atoms with Gasteiger partial charge in [-0.2, -0.15) is 0 Å². The van der Waals surface area contributed by atoms with E-state index in [1.807, 2.05) is 0 Å². The van der Waals surface area contributed by atoms with Crippen molar-refractivity contribution in [1.82, 2.24) is 10.2 Å². The van der Waals surface area contributed by atoms with Crippen molar-refractivity contribution in [3.05, 3.63) is 0 Å². The molecule has 3 rings (SSSR count). The number of nitrogens with zero attached hydrogens (tertiary/aromatic N) is 1. The van der Waals surface area contributed by atoms with E-state index in [-0.39, 0.29) is 0 Å². The summed E-state index contributed by atoms with van der Waals surface area (Å²) in [6, 6.07) is 0.886. The van der Waals surface area contributed by atoms with Gasteiger partial charge in [0.2, 0.25) is 0 Å². The third-order valence-electron chi connectivity index (χ3n) is 5.83. The first-order valence-corrected chi connectivity index (χ1v) is 8.85. The Hall–Kier alpha value is -0.120. The van der Waals surface area contributed by atoms with E-state index in [9.17, 15) is 0 Å². The van der Waals surface area contributed by atoms with Crippen LogP contribution in [0.5, 0.6) is 0 Å². The molecule has 3 unspecified atom stereocenters. The fourth-order valence-electron chi connectivity index (χ4n) is 4.71. The van der Waals surface area contributed by atoms with Crippen molar-refractivity contribution >= 4 is 0 Å². The summed E-state index contributed by atoms with van der Waals surface area (Å²) in [6.45, 7) is 8.95. The van der Waals surface area contributed by atoms with Crippen LogP contribution < -0.4 is 5.32 Å². The topological polar surface area (TPSA) is 24.5 Å². The number of ether oxygens (including phenoxy) is 1. The first kappa shape index (κ1) is 14.8. The second kappa shape index (κ2) is 6.76. The van der Waals surface area contributed by atoms with Crippen LogP contribution >= 0.6 is 0 Å². The summed E-state index contributed by atoms with van der Waals surface area (Å²) in [5.41, 5.74) is 0.384. The molecule has 20 heavy (non-hydrogen) atoms. The number of piperidine rings is 1. The van der Waals surface area contributed by atoms with Gasteiger partial charge >= 0.3 is 0 Å². The zero-order valence-corrected chi connectivity index (χ0v) is 13.2. The fourth-order valence-corrected chi connectivity index (χ4v) is 4.71. The van der Waals surface area contributed by atoms with Gasteiger partial charge in [0.05, 0.1) is 6.61 Å². The van der Waals surface area contributed by atoms with Gasteiger partial charge in [-0.1, -0.05) is 19.8 Å². The zero-order chi connectivity index (χ0) is 13.8. The largest absolute Gasteiger partial charge is 0.381 e. The van der Waals surface area contributed by atoms with Crippen LogP contribution in [-0.4, -0.2) is 50.3 Å². The highest BCUT2D eigenvalue weighted by atomic mass is 16.5. The molecule has 1 aliphatic carbocycles. The number of likely N-dealkylation sites (tertiary alicyclic amines) is 1. The standard InChI is InChI=1S/C17H32N2O/c1-2-18-12-17(9-11-20-14-17)13-19-10-5-7-15-6-3-4-8-16(15)19/h15-16,18H,2-14H2,1H3. The van der Waals surface area contributed by atoms with Crippen molar-refractivity contribution in [2.24, 2.45) is 11.3 Å². The molecule has 2 heterocycles. The van der Waals surface area contributed by atoms with Gasteiger partial charge in [-0.25, -0.2) is 0 Å². The van der Waals surface area contributed by atoms with Crippen molar-refractivity contribution in [2.75, 3.05) is 39.4 Å². The Bertz CT molecular complexity index is 299. The van der Waals surface area contributed by atoms with E-state index in [0.717, 1.165) is 38.3 Å². The molecular formula is C17H32N2O. The van der Waals surface area contributed by atoms with Crippen LogP contribution in [0, 0.1) is 11.3 Å². The van der Waals surface area contributed by atoms with Crippen molar-refractivity contribution in [2.45, 2.75) is 57.9 Å². The van der Waals surface area contributed by atoms with Crippen LogP contribution in [0.25, 0.3) is 0 Å². The van der Waals surface area contributed by atoms with Gasteiger partial charge in [0.15, 0.2) is 0 Å². The van der Waals surface area contributed by atoms with Crippen molar-refractivity contribution in [3.63, 3.8) is 0 Å². The monoisotopic (exact) mass is 280 g/mol. The maximum atomic E-state index is 5.77. The van der Waals surface area contributed by atoms with E-state index in [2.05, 4.69) is 17.1 Å². The Labute approximate surface area is 124 Å². The molecule has 2 saturated heterocycles. The van der Waals surface area contributed by atoms with Gasteiger partial charge < -0.3 is 10.1 Å². The van der Waals surface area contributed by atoms with Gasteiger partial charge in [0.1, 0.15) is 0 Å². The first-order valence-electron chi connectivity index (χ1n) is 8.85. The zero-order valence-electron chi connectivity index (χ0n) is 13.2. The van der Waals surface area contributed by atoms with E-state index < -0.39 is 0 Å². The molecule has 3 heteroatoms. The maximum Gasteiger partial charge on any atom is 0.0547 e. The number of fused-ring (bicyclic) bond motifs is 1. The SMILES string of the molecule is CCNCC1(CN2CCCC3CCCCC32)CCOC1. The van der Waals surface area contributed by atoms with Gasteiger partial charge in [0, 0.05) is 31.2 Å². The maximum absolute atomic E-state index is 5.77. The van der Waals surface area contributed by atoms with E-state index >= 15 is 0 Å². The third-order valence-corrected chi connectivity index (χ3v) is 5.83.